The van der Waals surface area contributed by atoms with E-state index in [0.29, 0.717) is 0 Å². The molecule has 0 aliphatic heterocycles. The van der Waals surface area contributed by atoms with Crippen LogP contribution in [0.4, 0.5) is 0 Å². The average Bonchev–Trinajstić information content (AvgIpc) is 2.92. The maximum absolute atomic E-state index is 12.1. The van der Waals surface area contributed by atoms with Crippen molar-refractivity contribution < 1.29 is 9.90 Å². The zero-order valence-corrected chi connectivity index (χ0v) is 18.2. The largest absolute Gasteiger partial charge is 0.392 e. The van der Waals surface area contributed by atoms with Crippen molar-refractivity contribution in [1.29, 1.82) is 0 Å². The van der Waals surface area contributed by atoms with Crippen LogP contribution in [0.2, 0.25) is 0 Å². The summed E-state index contributed by atoms with van der Waals surface area (Å²) < 4.78 is 0. The lowest BCUT2D eigenvalue weighted by Gasteiger charge is -2.34. The number of aliphatic hydroxyl groups is 1. The van der Waals surface area contributed by atoms with Crippen LogP contribution in [-0.4, -0.2) is 17.1 Å². The highest BCUT2D eigenvalue weighted by Gasteiger charge is 2.42. The number of amides is 1. The highest BCUT2D eigenvalue weighted by Crippen LogP contribution is 2.39. The van der Waals surface area contributed by atoms with E-state index in [1.807, 2.05) is 0 Å². The molecule has 3 N–H and O–H groups in total. The Labute approximate surface area is 168 Å². The lowest BCUT2D eigenvalue weighted by atomic mass is 9.73. The van der Waals surface area contributed by atoms with Gasteiger partial charge < -0.3 is 10.8 Å². The van der Waals surface area contributed by atoms with Crippen LogP contribution in [-0.2, 0) is 4.79 Å². The van der Waals surface area contributed by atoms with Crippen molar-refractivity contribution in [3.63, 3.8) is 0 Å². The van der Waals surface area contributed by atoms with Gasteiger partial charge in [-0.3, -0.25) is 4.79 Å². The normalized spacial score (nSPS) is 18.1. The van der Waals surface area contributed by atoms with E-state index < -0.39 is 11.5 Å². The molecule has 0 aromatic heterocycles. The quantitative estimate of drug-likeness (QED) is 0.232. The van der Waals surface area contributed by atoms with E-state index >= 15 is 0 Å². The maximum Gasteiger partial charge on any atom is 0.226 e. The molecule has 1 amide bonds. The summed E-state index contributed by atoms with van der Waals surface area (Å²) in [4.78, 5) is 12.1. The Hall–Kier alpha value is -0.570. The molecular weight excluding hydrogens is 334 g/mol. The van der Waals surface area contributed by atoms with E-state index in [1.54, 1.807) is 0 Å². The van der Waals surface area contributed by atoms with Crippen molar-refractivity contribution in [2.75, 3.05) is 0 Å². The molecule has 0 aromatic carbocycles. The summed E-state index contributed by atoms with van der Waals surface area (Å²) in [5.74, 6) is -0.272. The van der Waals surface area contributed by atoms with E-state index in [4.69, 9.17) is 5.73 Å². The molecule has 1 aliphatic carbocycles. The van der Waals surface area contributed by atoms with Gasteiger partial charge in [0.25, 0.3) is 0 Å². The molecule has 0 radical (unpaired) electrons. The summed E-state index contributed by atoms with van der Waals surface area (Å²) in [7, 11) is 0. The van der Waals surface area contributed by atoms with Crippen molar-refractivity contribution in [1.82, 2.24) is 0 Å². The van der Waals surface area contributed by atoms with Gasteiger partial charge in [0.2, 0.25) is 5.91 Å². The lowest BCUT2D eigenvalue weighted by molar-refractivity contribution is -0.136. The molecule has 1 unspecified atom stereocenters. The molecular formula is C24H47NO2. The minimum absolute atomic E-state index is 0.272. The Kier molecular flexibility index (Phi) is 13.9. The molecule has 27 heavy (non-hydrogen) atoms. The molecule has 0 bridgehead atoms. The van der Waals surface area contributed by atoms with Crippen LogP contribution in [0.25, 0.3) is 0 Å². The molecule has 1 atom stereocenters. The zero-order chi connectivity index (χ0) is 19.8. The number of unbranched alkanes of at least 4 members (excludes halogenated alkanes) is 12. The van der Waals surface area contributed by atoms with Crippen LogP contribution in [0.15, 0.2) is 0 Å². The minimum Gasteiger partial charge on any atom is -0.392 e. The molecule has 0 heterocycles. The van der Waals surface area contributed by atoms with Gasteiger partial charge in [0.15, 0.2) is 0 Å². The summed E-state index contributed by atoms with van der Waals surface area (Å²) in [5.41, 5.74) is 5.07. The summed E-state index contributed by atoms with van der Waals surface area (Å²) in [6, 6.07) is 0. The number of carbonyl (C=O) groups is 1. The Bertz CT molecular complexity index is 361. The molecule has 160 valence electrons. The number of primary amides is 1. The molecule has 1 rings (SSSR count). The SMILES string of the molecule is CCCCCCCCCCCCCCCC(O)C1(C(N)=O)CCCCCC1. The van der Waals surface area contributed by atoms with Gasteiger partial charge in [-0.1, -0.05) is 116 Å². The maximum atomic E-state index is 12.1. The van der Waals surface area contributed by atoms with Crippen molar-refractivity contribution in [2.45, 2.75) is 141 Å². The number of hydrogen-bond donors (Lipinski definition) is 2. The van der Waals surface area contributed by atoms with Gasteiger partial charge in [-0.25, -0.2) is 0 Å². The second-order valence-corrected chi connectivity index (χ2v) is 8.98. The number of hydrogen-bond acceptors (Lipinski definition) is 2. The molecule has 0 aromatic rings. The zero-order valence-electron chi connectivity index (χ0n) is 18.2. The van der Waals surface area contributed by atoms with Crippen LogP contribution in [0.5, 0.6) is 0 Å². The minimum atomic E-state index is -0.645. The highest BCUT2D eigenvalue weighted by atomic mass is 16.3. The number of nitrogens with two attached hydrogens (primary N) is 1. The molecule has 0 saturated heterocycles. The van der Waals surface area contributed by atoms with Gasteiger partial charge in [-0.15, -0.1) is 0 Å². The third-order valence-corrected chi connectivity index (χ3v) is 6.71. The number of aliphatic hydroxyl groups excluding tert-OH is 1. The van der Waals surface area contributed by atoms with E-state index in [0.717, 1.165) is 38.5 Å². The molecule has 3 nitrogen and oxygen atoms in total. The van der Waals surface area contributed by atoms with Gasteiger partial charge in [0.1, 0.15) is 0 Å². The van der Waals surface area contributed by atoms with Crippen molar-refractivity contribution in [2.24, 2.45) is 11.1 Å². The predicted molar refractivity (Wildman–Crippen MR) is 116 cm³/mol. The van der Waals surface area contributed by atoms with Crippen LogP contribution < -0.4 is 5.73 Å². The average molecular weight is 382 g/mol. The van der Waals surface area contributed by atoms with Gasteiger partial charge in [0.05, 0.1) is 11.5 Å². The second kappa shape index (κ2) is 15.4. The highest BCUT2D eigenvalue weighted by molar-refractivity contribution is 5.81. The fraction of sp³-hybridized carbons (Fsp3) is 0.958. The Morgan fingerprint density at radius 1 is 0.778 bits per heavy atom. The smallest absolute Gasteiger partial charge is 0.226 e. The monoisotopic (exact) mass is 381 g/mol. The van der Waals surface area contributed by atoms with Crippen molar-refractivity contribution >= 4 is 5.91 Å². The van der Waals surface area contributed by atoms with E-state index in [-0.39, 0.29) is 5.91 Å². The molecule has 1 aliphatic rings. The topological polar surface area (TPSA) is 63.3 Å². The first-order valence-electron chi connectivity index (χ1n) is 12.1. The van der Waals surface area contributed by atoms with Gasteiger partial charge >= 0.3 is 0 Å². The van der Waals surface area contributed by atoms with Crippen molar-refractivity contribution in [3.8, 4) is 0 Å². The Balaban J connectivity index is 2.03. The predicted octanol–water partition coefficient (Wildman–Crippen LogP) is 6.65. The number of rotatable bonds is 16. The molecule has 1 saturated carbocycles. The first-order chi connectivity index (χ1) is 13.1. The van der Waals surface area contributed by atoms with E-state index in [9.17, 15) is 9.90 Å². The van der Waals surface area contributed by atoms with Crippen LogP contribution in [0, 0.1) is 5.41 Å². The fourth-order valence-corrected chi connectivity index (χ4v) is 4.74. The summed E-state index contributed by atoms with van der Waals surface area (Å²) >= 11 is 0. The lowest BCUT2D eigenvalue weighted by Crippen LogP contribution is -2.46. The van der Waals surface area contributed by atoms with Gasteiger partial charge in [-0.05, 0) is 19.3 Å². The second-order valence-electron chi connectivity index (χ2n) is 8.98. The van der Waals surface area contributed by atoms with Crippen LogP contribution in [0.3, 0.4) is 0 Å². The van der Waals surface area contributed by atoms with Crippen LogP contribution >= 0.6 is 0 Å². The Morgan fingerprint density at radius 3 is 1.59 bits per heavy atom. The standard InChI is InChI=1S/C24H47NO2/c1-2-3-4-5-6-7-8-9-10-11-12-13-16-19-22(26)24(23(25)27)20-17-14-15-18-21-24/h22,26H,2-21H2,1H3,(H2,25,27). The van der Waals surface area contributed by atoms with E-state index in [1.165, 1.54) is 89.9 Å². The number of carbonyl (C=O) groups excluding carboxylic acids is 1. The summed E-state index contributed by atoms with van der Waals surface area (Å²) in [6.07, 6.45) is 23.4. The van der Waals surface area contributed by atoms with Gasteiger partial charge in [-0.2, -0.15) is 0 Å². The van der Waals surface area contributed by atoms with Gasteiger partial charge in [0, 0.05) is 0 Å². The molecule has 3 heteroatoms. The first kappa shape index (κ1) is 24.5. The van der Waals surface area contributed by atoms with Crippen LogP contribution in [0.1, 0.15) is 135 Å². The molecule has 1 fully saturated rings. The van der Waals surface area contributed by atoms with Crippen molar-refractivity contribution in [3.05, 3.63) is 0 Å². The third-order valence-electron chi connectivity index (χ3n) is 6.71. The summed E-state index contributed by atoms with van der Waals surface area (Å²) in [5, 5.41) is 10.7. The Morgan fingerprint density at radius 2 is 1.19 bits per heavy atom. The third kappa shape index (κ3) is 9.96. The van der Waals surface area contributed by atoms with E-state index in [2.05, 4.69) is 6.92 Å². The summed E-state index contributed by atoms with van der Waals surface area (Å²) in [6.45, 7) is 2.27. The first-order valence-corrected chi connectivity index (χ1v) is 12.1. The molecule has 0 spiro atoms. The fourth-order valence-electron chi connectivity index (χ4n) is 4.74.